The highest BCUT2D eigenvalue weighted by Crippen LogP contribution is 2.35. The van der Waals surface area contributed by atoms with Crippen LogP contribution in [0.5, 0.6) is 11.5 Å². The number of hydrogen-bond donors (Lipinski definition) is 8. The highest BCUT2D eigenvalue weighted by atomic mass is 32.2. The largest absolute Gasteiger partial charge is 0.508 e. The molecule has 40 heavy (non-hydrogen) atoms. The Bertz CT molecular complexity index is 2140. The predicted molar refractivity (Wildman–Crippen MR) is 139 cm³/mol. The summed E-state index contributed by atoms with van der Waals surface area (Å²) < 4.78 is 126. The van der Waals surface area contributed by atoms with Crippen LogP contribution in [0.3, 0.4) is 0 Å². The van der Waals surface area contributed by atoms with Gasteiger partial charge < -0.3 is 21.7 Å². The summed E-state index contributed by atoms with van der Waals surface area (Å²) in [4.78, 5) is -2.70. The van der Waals surface area contributed by atoms with E-state index in [2.05, 4.69) is 0 Å². The molecule has 0 aliphatic carbocycles. The van der Waals surface area contributed by atoms with Gasteiger partial charge in [0.2, 0.25) is 0 Å². The van der Waals surface area contributed by atoms with Crippen molar-refractivity contribution in [3.8, 4) is 11.5 Å². The van der Waals surface area contributed by atoms with E-state index in [1.54, 1.807) is 0 Å². The standard InChI is InChI=1S/2C10H9NO7S2/c11-8-4-7-5(2-9(8)12)1-6(19(13,14)15)3-10(7)20(16,17)18;11-8-4-7(19(13,14)15)2-5-1-6(12)3-9(10(5)8)20(16,17)18/h2*1-4,12H,11H2,(H,13,14,15)(H,16,17,18). The smallest absolute Gasteiger partial charge is 0.295 e. The highest BCUT2D eigenvalue weighted by molar-refractivity contribution is 7.87. The summed E-state index contributed by atoms with van der Waals surface area (Å²) in [5.41, 5.74) is 10.6. The van der Waals surface area contributed by atoms with Crippen molar-refractivity contribution in [3.05, 3.63) is 48.5 Å². The Hall–Kier alpha value is -3.76. The van der Waals surface area contributed by atoms with Gasteiger partial charge in [0, 0.05) is 22.5 Å². The Labute approximate surface area is 226 Å². The maximum Gasteiger partial charge on any atom is 0.295 e. The molecule has 0 aliphatic heterocycles. The quantitative estimate of drug-likeness (QED) is 0.0885. The van der Waals surface area contributed by atoms with Crippen molar-refractivity contribution in [2.24, 2.45) is 0 Å². The van der Waals surface area contributed by atoms with Gasteiger partial charge in [-0.2, -0.15) is 33.7 Å². The zero-order valence-electron chi connectivity index (χ0n) is 19.4. The number of nitrogen functional groups attached to an aromatic ring is 2. The average Bonchev–Trinajstić information content (AvgIpc) is 2.76. The van der Waals surface area contributed by atoms with Crippen LogP contribution >= 0.6 is 0 Å². The van der Waals surface area contributed by atoms with E-state index in [1.807, 2.05) is 0 Å². The number of benzene rings is 4. The van der Waals surface area contributed by atoms with Crippen molar-refractivity contribution in [1.29, 1.82) is 0 Å². The first-order chi connectivity index (χ1) is 18.0. The molecule has 0 atom stereocenters. The minimum atomic E-state index is -4.75. The molecule has 0 saturated carbocycles. The summed E-state index contributed by atoms with van der Waals surface area (Å²) in [6, 6.07) is 7.24. The Balaban J connectivity index is 0.000000220. The van der Waals surface area contributed by atoms with Gasteiger partial charge >= 0.3 is 0 Å². The van der Waals surface area contributed by atoms with Crippen LogP contribution in [-0.4, -0.2) is 62.1 Å². The molecular weight excluding hydrogens is 620 g/mol. The van der Waals surface area contributed by atoms with Gasteiger partial charge in [-0.1, -0.05) is 0 Å². The number of anilines is 2. The fourth-order valence-corrected chi connectivity index (χ4v) is 6.20. The third kappa shape index (κ3) is 6.51. The second-order valence-corrected chi connectivity index (χ2v) is 13.6. The summed E-state index contributed by atoms with van der Waals surface area (Å²) in [5.74, 6) is -0.914. The molecule has 0 radical (unpaired) electrons. The van der Waals surface area contributed by atoms with Crippen molar-refractivity contribution in [1.82, 2.24) is 0 Å². The summed E-state index contributed by atoms with van der Waals surface area (Å²) >= 11 is 0. The molecule has 0 fully saturated rings. The lowest BCUT2D eigenvalue weighted by Gasteiger charge is -2.09. The van der Waals surface area contributed by atoms with Crippen LogP contribution in [0.2, 0.25) is 0 Å². The molecule has 4 aromatic rings. The molecular formula is C20H18N2O14S4. The molecule has 0 heterocycles. The number of fused-ring (bicyclic) bond motifs is 2. The van der Waals surface area contributed by atoms with E-state index < -0.39 is 71.6 Å². The molecule has 20 heteroatoms. The minimum Gasteiger partial charge on any atom is -0.508 e. The Morgan fingerprint density at radius 3 is 1.50 bits per heavy atom. The lowest BCUT2D eigenvalue weighted by Crippen LogP contribution is -2.04. The number of phenols is 2. The number of aromatic hydroxyl groups is 2. The number of hydrogen-bond acceptors (Lipinski definition) is 12. The Kier molecular flexibility index (Phi) is 7.70. The normalized spacial score (nSPS) is 12.7. The van der Waals surface area contributed by atoms with Crippen LogP contribution in [0, 0.1) is 0 Å². The Morgan fingerprint density at radius 1 is 0.500 bits per heavy atom. The summed E-state index contributed by atoms with van der Waals surface area (Å²) in [5, 5.41) is 18.6. The van der Waals surface area contributed by atoms with E-state index in [1.165, 1.54) is 0 Å². The predicted octanol–water partition coefficient (Wildman–Crippen LogP) is 1.24. The summed E-state index contributed by atoms with van der Waals surface area (Å²) in [7, 11) is -18.7. The molecule has 0 aromatic heterocycles. The number of rotatable bonds is 4. The molecule has 4 rings (SSSR count). The van der Waals surface area contributed by atoms with Crippen molar-refractivity contribution < 1.29 is 62.1 Å². The molecule has 0 bridgehead atoms. The van der Waals surface area contributed by atoms with E-state index in [0.717, 1.165) is 42.5 Å². The topological polar surface area (TPSA) is 310 Å². The summed E-state index contributed by atoms with van der Waals surface area (Å²) in [6.07, 6.45) is 0. The molecule has 10 N–H and O–H groups in total. The van der Waals surface area contributed by atoms with E-state index in [-0.39, 0.29) is 32.9 Å². The van der Waals surface area contributed by atoms with Crippen LogP contribution in [0.25, 0.3) is 21.5 Å². The Morgan fingerprint density at radius 2 is 1.00 bits per heavy atom. The van der Waals surface area contributed by atoms with Gasteiger partial charge in [-0.15, -0.1) is 0 Å². The van der Waals surface area contributed by atoms with Crippen LogP contribution in [0.4, 0.5) is 11.4 Å². The molecule has 4 aromatic carbocycles. The van der Waals surface area contributed by atoms with Crippen molar-refractivity contribution in [3.63, 3.8) is 0 Å². The van der Waals surface area contributed by atoms with E-state index in [4.69, 9.17) is 29.7 Å². The molecule has 0 spiro atoms. The van der Waals surface area contributed by atoms with Crippen LogP contribution in [-0.2, 0) is 40.5 Å². The van der Waals surface area contributed by atoms with Gasteiger partial charge in [-0.3, -0.25) is 18.2 Å². The lowest BCUT2D eigenvalue weighted by molar-refractivity contribution is 0.468. The molecule has 0 amide bonds. The molecule has 0 saturated heterocycles. The SMILES string of the molecule is Nc1cc(S(=O)(=O)O)cc2cc(O)cc(S(=O)(=O)O)c12.Nc1cc2c(S(=O)(=O)O)cc(S(=O)(=O)O)cc2cc1O. The fraction of sp³-hybridized carbons (Fsp3) is 0. The monoisotopic (exact) mass is 638 g/mol. The van der Waals surface area contributed by atoms with E-state index in [0.29, 0.717) is 6.07 Å². The van der Waals surface area contributed by atoms with Crippen LogP contribution in [0.15, 0.2) is 68.1 Å². The molecule has 0 unspecified atom stereocenters. The maximum atomic E-state index is 11.3. The lowest BCUT2D eigenvalue weighted by atomic mass is 10.1. The third-order valence-corrected chi connectivity index (χ3v) is 8.62. The third-order valence-electron chi connectivity index (χ3n) is 5.19. The van der Waals surface area contributed by atoms with Crippen molar-refractivity contribution in [2.45, 2.75) is 19.6 Å². The maximum absolute atomic E-state index is 11.3. The van der Waals surface area contributed by atoms with Gasteiger partial charge in [-0.05, 0) is 53.2 Å². The first kappa shape index (κ1) is 30.8. The van der Waals surface area contributed by atoms with E-state index >= 15 is 0 Å². The first-order valence-electron chi connectivity index (χ1n) is 10.0. The number of phenolic OH excluding ortho intramolecular Hbond substituents is 2. The van der Waals surface area contributed by atoms with Gasteiger partial charge in [0.05, 0.1) is 15.5 Å². The zero-order chi connectivity index (χ0) is 30.6. The van der Waals surface area contributed by atoms with Crippen LogP contribution in [0.1, 0.15) is 0 Å². The van der Waals surface area contributed by atoms with Gasteiger partial charge in [0.25, 0.3) is 40.5 Å². The van der Waals surface area contributed by atoms with Gasteiger partial charge in [0.1, 0.15) is 21.3 Å². The van der Waals surface area contributed by atoms with Gasteiger partial charge in [0.15, 0.2) is 0 Å². The van der Waals surface area contributed by atoms with Crippen molar-refractivity contribution in [2.75, 3.05) is 11.5 Å². The second-order valence-electron chi connectivity index (χ2n) is 8.01. The van der Waals surface area contributed by atoms with Gasteiger partial charge in [-0.25, -0.2) is 0 Å². The van der Waals surface area contributed by atoms with Crippen molar-refractivity contribution >= 4 is 73.4 Å². The molecule has 16 nitrogen and oxygen atoms in total. The molecule has 216 valence electrons. The zero-order valence-corrected chi connectivity index (χ0v) is 22.6. The number of nitrogens with two attached hydrogens (primary N) is 2. The van der Waals surface area contributed by atoms with E-state index in [9.17, 15) is 43.9 Å². The minimum absolute atomic E-state index is 0.0283. The summed E-state index contributed by atoms with van der Waals surface area (Å²) in [6.45, 7) is 0. The molecule has 0 aliphatic rings. The highest BCUT2D eigenvalue weighted by Gasteiger charge is 2.22. The first-order valence-corrected chi connectivity index (χ1v) is 15.8. The van der Waals surface area contributed by atoms with Crippen LogP contribution < -0.4 is 11.5 Å². The average molecular weight is 639 g/mol. The fourth-order valence-electron chi connectivity index (χ4n) is 3.54. The second kappa shape index (κ2) is 10.0.